The average Bonchev–Trinajstić information content (AvgIpc) is 3.22. The van der Waals surface area contributed by atoms with Crippen molar-refractivity contribution in [3.05, 3.63) is 152 Å². The zero-order chi connectivity index (χ0) is 57.2. The molecule has 82 heavy (non-hydrogen) atoms. The minimum atomic E-state index is -0.103. The van der Waals surface area contributed by atoms with E-state index in [4.69, 9.17) is 4.42 Å². The second-order valence-electron chi connectivity index (χ2n) is 34.0. The summed E-state index contributed by atoms with van der Waals surface area (Å²) in [7, 11) is 0. The SMILES string of the molecule is CC1(C)CCC(C)(C)C2CC(c3ccccc3)=C(N3c4cc5c(cc4B4c6oc7c(c6N(c6ccc8c(c6)C(C)(C)CCC8(C)C)c6cc(C89CC%10C=C%10CN8C9)cc3c64)C=C3[C@@H](C7)C(C)(C)CCC3(C)C)C(C)(C)CCC5(C)C)C=C21. The largest absolute Gasteiger partial charge is 0.472 e. The fourth-order valence-corrected chi connectivity index (χ4v) is 19.0. The van der Waals surface area contributed by atoms with Gasteiger partial charge in [0.2, 0.25) is 0 Å². The molecule has 16 rings (SSSR count). The second kappa shape index (κ2) is 16.2. The van der Waals surface area contributed by atoms with Crippen LogP contribution in [-0.2, 0) is 33.6 Å². The molecule has 1 aromatic heterocycles. The Kier molecular flexibility index (Phi) is 10.3. The third kappa shape index (κ3) is 7.19. The van der Waals surface area contributed by atoms with Gasteiger partial charge in [-0.3, -0.25) is 4.90 Å². The van der Waals surface area contributed by atoms with Gasteiger partial charge < -0.3 is 14.2 Å². The lowest BCUT2D eigenvalue weighted by molar-refractivity contribution is 0.119. The summed E-state index contributed by atoms with van der Waals surface area (Å²) < 4.78 is 8.06. The standard InChI is InChI=1S/C77H92BN3O/c1-69(2)24-25-70(3,4)53-35-49(22-23-52(53)69)80-63-33-48(77-42-46-32-47(46)43-79(77)44-77)34-64-66(63)78(68-67(80)51-37-55-59(41-65(51)82-68)76(15,16)31-27-72(55,7)8)60-38-56-58(75(13,14)30-28-73(56,9)10)40-62(60)81(64)61-39-57-54(71(5,6)26-29-74(57,11)12)36-50(61)45-20-18-17-19-21-45/h17-23,32-35,37-40,46,54,59H,24-31,36,41-44H2,1-16H3/t46?,54?,59-,77?,79?/m1/s1. The van der Waals surface area contributed by atoms with E-state index in [0.717, 1.165) is 31.6 Å². The van der Waals surface area contributed by atoms with Gasteiger partial charge in [-0.15, -0.1) is 0 Å². The van der Waals surface area contributed by atoms with E-state index in [2.05, 4.69) is 217 Å². The molecule has 0 N–H and O–H groups in total. The molecule has 2 saturated heterocycles. The number of anilines is 5. The Labute approximate surface area is 493 Å². The second-order valence-corrected chi connectivity index (χ2v) is 34.0. The fourth-order valence-electron chi connectivity index (χ4n) is 19.0. The van der Waals surface area contributed by atoms with Crippen LogP contribution in [0, 0.1) is 39.4 Å². The van der Waals surface area contributed by atoms with Crippen molar-refractivity contribution in [3.8, 4) is 0 Å². The van der Waals surface area contributed by atoms with Crippen molar-refractivity contribution in [2.24, 2.45) is 39.4 Å². The highest BCUT2D eigenvalue weighted by molar-refractivity contribution is 6.99. The minimum Gasteiger partial charge on any atom is -0.472 e. The van der Waals surface area contributed by atoms with E-state index in [9.17, 15) is 0 Å². The number of rotatable bonds is 4. The Bertz CT molecular complexity index is 3800. The van der Waals surface area contributed by atoms with E-state index in [1.54, 1.807) is 16.7 Å². The number of nitrogens with zero attached hydrogens (tertiary/aromatic N) is 3. The molecule has 5 atom stereocenters. The lowest BCUT2D eigenvalue weighted by Crippen LogP contribution is -2.62. The Hall–Kier alpha value is -5.26. The summed E-state index contributed by atoms with van der Waals surface area (Å²) in [5.41, 5.74) is 29.4. The number of hydrogen-bond donors (Lipinski definition) is 0. The zero-order valence-electron chi connectivity index (χ0n) is 52.9. The van der Waals surface area contributed by atoms with Gasteiger partial charge in [0.1, 0.15) is 5.76 Å². The third-order valence-electron chi connectivity index (χ3n) is 25.3. The van der Waals surface area contributed by atoms with Gasteiger partial charge >= 0.3 is 0 Å². The van der Waals surface area contributed by atoms with Crippen LogP contribution in [-0.4, -0.2) is 24.7 Å². The first-order chi connectivity index (χ1) is 38.5. The van der Waals surface area contributed by atoms with Gasteiger partial charge in [-0.05, 0) is 212 Å². The first-order valence-electron chi connectivity index (χ1n) is 32.5. The molecule has 0 radical (unpaired) electrons. The van der Waals surface area contributed by atoms with Crippen molar-refractivity contribution < 1.29 is 4.42 Å². The summed E-state index contributed by atoms with van der Waals surface area (Å²) in [5.74, 6) is 2.70. The van der Waals surface area contributed by atoms with Crippen LogP contribution < -0.4 is 26.4 Å². The summed E-state index contributed by atoms with van der Waals surface area (Å²) in [4.78, 5) is 8.53. The molecule has 5 heteroatoms. The van der Waals surface area contributed by atoms with Crippen LogP contribution in [0.5, 0.6) is 0 Å². The monoisotopic (exact) mass is 1090 g/mol. The van der Waals surface area contributed by atoms with E-state index < -0.39 is 0 Å². The number of fused-ring (bicyclic) bond motifs is 12. The van der Waals surface area contributed by atoms with Gasteiger partial charge in [0.05, 0.1) is 16.9 Å². The Morgan fingerprint density at radius 3 is 1.77 bits per heavy atom. The zero-order valence-corrected chi connectivity index (χ0v) is 52.9. The number of benzene rings is 4. The highest BCUT2D eigenvalue weighted by atomic mass is 16.3. The molecule has 0 amide bonds. The molecule has 2 saturated carbocycles. The van der Waals surface area contributed by atoms with E-state index in [1.807, 2.05) is 0 Å². The Morgan fingerprint density at radius 1 is 0.537 bits per heavy atom. The van der Waals surface area contributed by atoms with Crippen LogP contribution in [0.2, 0.25) is 0 Å². The molecule has 4 fully saturated rings. The maximum Gasteiger partial charge on any atom is 0.297 e. The third-order valence-corrected chi connectivity index (χ3v) is 25.3. The predicted molar refractivity (Wildman–Crippen MR) is 345 cm³/mol. The summed E-state index contributed by atoms with van der Waals surface area (Å²) in [6.07, 6.45) is 20.8. The normalized spacial score (nSPS) is 30.2. The van der Waals surface area contributed by atoms with Crippen LogP contribution in [0.15, 0.2) is 112 Å². The lowest BCUT2D eigenvalue weighted by Gasteiger charge is -2.52. The van der Waals surface area contributed by atoms with Crippen LogP contribution in [0.3, 0.4) is 0 Å². The quantitative estimate of drug-likeness (QED) is 0.0997. The van der Waals surface area contributed by atoms with Crippen LogP contribution in [0.25, 0.3) is 11.6 Å². The van der Waals surface area contributed by atoms with Crippen molar-refractivity contribution in [2.75, 3.05) is 22.9 Å². The number of furan rings is 1. The number of allylic oxidation sites excluding steroid dienone is 5. The molecule has 0 bridgehead atoms. The van der Waals surface area contributed by atoms with Gasteiger partial charge in [0.25, 0.3) is 6.71 Å². The first-order valence-corrected chi connectivity index (χ1v) is 32.5. The number of piperidine rings is 1. The van der Waals surface area contributed by atoms with Gasteiger partial charge in [0, 0.05) is 59.4 Å². The lowest BCUT2D eigenvalue weighted by atomic mass is 9.35. The summed E-state index contributed by atoms with van der Waals surface area (Å²) in [5, 5.41) is 0. The van der Waals surface area contributed by atoms with Crippen molar-refractivity contribution in [1.29, 1.82) is 0 Å². The van der Waals surface area contributed by atoms with Gasteiger partial charge in [0.15, 0.2) is 0 Å². The molecule has 5 heterocycles. The van der Waals surface area contributed by atoms with E-state index in [1.165, 1.54) is 153 Å². The topological polar surface area (TPSA) is 22.6 Å². The van der Waals surface area contributed by atoms with Crippen molar-refractivity contribution in [2.45, 2.75) is 209 Å². The molecule has 424 valence electrons. The van der Waals surface area contributed by atoms with Crippen molar-refractivity contribution in [1.82, 2.24) is 4.90 Å². The van der Waals surface area contributed by atoms with Crippen molar-refractivity contribution >= 4 is 63.4 Å². The molecular weight excluding hydrogens is 994 g/mol. The predicted octanol–water partition coefficient (Wildman–Crippen LogP) is 17.8. The molecule has 0 spiro atoms. The van der Waals surface area contributed by atoms with Crippen LogP contribution in [0.1, 0.15) is 220 Å². The molecule has 4 aliphatic heterocycles. The molecule has 4 unspecified atom stereocenters. The Balaban J connectivity index is 1.05. The maximum atomic E-state index is 8.06. The Morgan fingerprint density at radius 2 is 1.11 bits per heavy atom. The molecule has 5 aromatic rings. The highest BCUT2D eigenvalue weighted by Gasteiger charge is 2.61. The molecule has 7 aliphatic carbocycles. The van der Waals surface area contributed by atoms with E-state index in [-0.39, 0.29) is 55.6 Å². The maximum absolute atomic E-state index is 8.06. The van der Waals surface area contributed by atoms with Crippen molar-refractivity contribution in [3.63, 3.8) is 0 Å². The van der Waals surface area contributed by atoms with Gasteiger partial charge in [-0.1, -0.05) is 176 Å². The van der Waals surface area contributed by atoms with Gasteiger partial charge in [-0.25, -0.2) is 0 Å². The van der Waals surface area contributed by atoms with Crippen LogP contribution in [0.4, 0.5) is 28.4 Å². The smallest absolute Gasteiger partial charge is 0.297 e. The minimum absolute atomic E-state index is 0.00526. The fraction of sp³-hybridized carbons (Fsp3) is 0.532. The van der Waals surface area contributed by atoms with Crippen LogP contribution >= 0.6 is 0 Å². The average molecular weight is 1090 g/mol. The van der Waals surface area contributed by atoms with Gasteiger partial charge in [-0.2, -0.15) is 0 Å². The van der Waals surface area contributed by atoms with E-state index >= 15 is 0 Å². The summed E-state index contributed by atoms with van der Waals surface area (Å²) in [6.45, 7) is 42.7. The molecule has 11 aliphatic rings. The molecular formula is C77H92BN3O. The summed E-state index contributed by atoms with van der Waals surface area (Å²) in [6, 6.07) is 30.4. The highest BCUT2D eigenvalue weighted by Crippen LogP contribution is 2.64. The van der Waals surface area contributed by atoms with E-state index in [0.29, 0.717) is 17.8 Å². The number of hydrogen-bond acceptors (Lipinski definition) is 4. The molecule has 4 nitrogen and oxygen atoms in total. The summed E-state index contributed by atoms with van der Waals surface area (Å²) >= 11 is 0. The molecule has 4 aromatic carbocycles. The first kappa shape index (κ1) is 52.3.